The molecule has 52 heavy (non-hydrogen) atoms. The first kappa shape index (κ1) is 33.1. The van der Waals surface area contributed by atoms with Crippen LogP contribution >= 0.6 is 22.7 Å². The molecule has 9 rings (SSSR count). The fourth-order valence-corrected chi connectivity index (χ4v) is 14.7. The molecule has 0 spiro atoms. The van der Waals surface area contributed by atoms with Crippen LogP contribution in [0.15, 0.2) is 133 Å². The Bertz CT molecular complexity index is 2430. The highest BCUT2D eigenvalue weighted by Gasteiger charge is 2.38. The van der Waals surface area contributed by atoms with Crippen LogP contribution in [0.2, 0.25) is 13.1 Å². The molecule has 0 radical (unpaired) electrons. The number of anilines is 3. The van der Waals surface area contributed by atoms with Gasteiger partial charge in [0, 0.05) is 32.8 Å². The summed E-state index contributed by atoms with van der Waals surface area (Å²) in [6.07, 6.45) is 0.967. The highest BCUT2D eigenvalue weighted by atomic mass is 32.1. The molecule has 2 heterocycles. The third-order valence-corrected chi connectivity index (χ3v) is 19.9. The molecule has 0 bridgehead atoms. The van der Waals surface area contributed by atoms with Gasteiger partial charge in [-0.15, -0.1) is 22.7 Å². The minimum Gasteiger partial charge on any atom is -0.310 e. The van der Waals surface area contributed by atoms with Gasteiger partial charge in [-0.3, -0.25) is 4.79 Å². The first-order chi connectivity index (χ1) is 25.0. The summed E-state index contributed by atoms with van der Waals surface area (Å²) in [5, 5.41) is 0. The Morgan fingerprint density at radius 2 is 1.00 bits per heavy atom. The number of carbonyl (C=O) groups excluding carboxylic acids is 1. The number of benzene rings is 5. The van der Waals surface area contributed by atoms with E-state index in [2.05, 4.69) is 173 Å². The molecule has 256 valence electrons. The number of fused-ring (bicyclic) bond motifs is 6. The molecular weight excluding hydrogens is 687 g/mol. The number of thiophene rings is 2. The minimum absolute atomic E-state index is 0.0923. The summed E-state index contributed by atoms with van der Waals surface area (Å²) in [5.74, 6) is 0. The van der Waals surface area contributed by atoms with E-state index < -0.39 is 8.07 Å². The summed E-state index contributed by atoms with van der Waals surface area (Å²) in [4.78, 5) is 15.9. The zero-order chi connectivity index (χ0) is 36.0. The molecule has 5 aromatic carbocycles. The Morgan fingerprint density at radius 3 is 1.54 bits per heavy atom. The molecule has 0 unspecified atom stereocenters. The van der Waals surface area contributed by atoms with Gasteiger partial charge in [-0.25, -0.2) is 0 Å². The summed E-state index contributed by atoms with van der Waals surface area (Å²) in [6.45, 7) is 14.2. The molecule has 0 N–H and O–H groups in total. The quantitative estimate of drug-likeness (QED) is 0.120. The Hall–Kier alpha value is -4.81. The van der Waals surface area contributed by atoms with Crippen molar-refractivity contribution in [2.75, 3.05) is 4.90 Å². The predicted molar refractivity (Wildman–Crippen MR) is 226 cm³/mol. The van der Waals surface area contributed by atoms with Gasteiger partial charge in [-0.2, -0.15) is 0 Å². The summed E-state index contributed by atoms with van der Waals surface area (Å²) < 4.78 is 2.77. The maximum atomic E-state index is 11.4. The minimum atomic E-state index is -1.90. The van der Waals surface area contributed by atoms with Crippen LogP contribution < -0.4 is 13.9 Å². The van der Waals surface area contributed by atoms with Gasteiger partial charge in [0.1, 0.15) is 8.07 Å². The molecule has 0 fully saturated rings. The molecule has 2 aliphatic rings. The van der Waals surface area contributed by atoms with Crippen LogP contribution in [0.1, 0.15) is 59.6 Å². The van der Waals surface area contributed by atoms with Crippen molar-refractivity contribution in [3.05, 3.63) is 161 Å². The molecule has 2 aromatic heterocycles. The number of hydrogen-bond acceptors (Lipinski definition) is 4. The Balaban J connectivity index is 1.13. The van der Waals surface area contributed by atoms with E-state index in [9.17, 15) is 4.79 Å². The third-order valence-electron chi connectivity index (χ3n) is 11.6. The van der Waals surface area contributed by atoms with E-state index in [1.165, 1.54) is 63.9 Å². The Labute approximate surface area is 316 Å². The van der Waals surface area contributed by atoms with Crippen molar-refractivity contribution in [3.8, 4) is 32.7 Å². The molecule has 0 saturated carbocycles. The van der Waals surface area contributed by atoms with E-state index in [1.807, 2.05) is 17.4 Å². The normalized spacial score (nSPS) is 14.7. The lowest BCUT2D eigenvalue weighted by Crippen LogP contribution is -2.50. The van der Waals surface area contributed by atoms with Crippen molar-refractivity contribution in [2.45, 2.75) is 51.6 Å². The van der Waals surface area contributed by atoms with E-state index in [0.717, 1.165) is 28.2 Å². The molecule has 0 saturated heterocycles. The second-order valence-corrected chi connectivity index (χ2v) is 23.0. The summed E-state index contributed by atoms with van der Waals surface area (Å²) in [5.41, 5.74) is 15.3. The fraction of sp³-hybridized carbons (Fsp3) is 0.170. The van der Waals surface area contributed by atoms with Gasteiger partial charge in [0.2, 0.25) is 0 Å². The monoisotopic (exact) mass is 727 g/mol. The van der Waals surface area contributed by atoms with Gasteiger partial charge >= 0.3 is 0 Å². The summed E-state index contributed by atoms with van der Waals surface area (Å²) >= 11 is 3.54. The van der Waals surface area contributed by atoms with Gasteiger partial charge in [-0.1, -0.05) is 126 Å². The molecule has 5 heteroatoms. The van der Waals surface area contributed by atoms with E-state index in [1.54, 1.807) is 11.3 Å². The highest BCUT2D eigenvalue weighted by Crippen LogP contribution is 2.53. The van der Waals surface area contributed by atoms with Gasteiger partial charge in [0.15, 0.2) is 6.29 Å². The maximum Gasteiger partial charge on any atom is 0.159 e. The van der Waals surface area contributed by atoms with Crippen molar-refractivity contribution in [2.24, 2.45) is 0 Å². The first-order valence-corrected chi connectivity index (χ1v) is 22.7. The van der Waals surface area contributed by atoms with Crippen molar-refractivity contribution in [1.29, 1.82) is 0 Å². The van der Waals surface area contributed by atoms with E-state index in [4.69, 9.17) is 0 Å². The molecule has 0 aliphatic heterocycles. The van der Waals surface area contributed by atoms with Gasteiger partial charge in [-0.05, 0) is 108 Å². The van der Waals surface area contributed by atoms with Crippen LogP contribution in [0.4, 0.5) is 17.1 Å². The molecule has 2 nitrogen and oxygen atoms in total. The van der Waals surface area contributed by atoms with Crippen LogP contribution in [-0.4, -0.2) is 14.4 Å². The highest BCUT2D eigenvalue weighted by molar-refractivity contribution is 7.38. The average molecular weight is 728 g/mol. The van der Waals surface area contributed by atoms with Crippen LogP contribution in [0.3, 0.4) is 0 Å². The zero-order valence-electron chi connectivity index (χ0n) is 30.5. The number of carbonyl (C=O) groups is 1. The largest absolute Gasteiger partial charge is 0.310 e. The van der Waals surface area contributed by atoms with Crippen LogP contribution in [0.5, 0.6) is 0 Å². The third kappa shape index (κ3) is 4.97. The van der Waals surface area contributed by atoms with Crippen molar-refractivity contribution in [1.82, 2.24) is 0 Å². The van der Waals surface area contributed by atoms with Gasteiger partial charge < -0.3 is 4.90 Å². The number of rotatable bonds is 7. The lowest BCUT2D eigenvalue weighted by atomic mass is 9.82. The topological polar surface area (TPSA) is 20.3 Å². The molecule has 0 amide bonds. The SMILES string of the molecule is CC1(C)c2ccccc2-c2ccc(N(c3ccc(-c4ccc([Si](C)(C)c5ccc(C=O)s5)s4)cc3)c3ccc4c(c3)C(C)(C)c3ccccc3-4)cc21. The molecule has 2 aliphatic carbocycles. The zero-order valence-corrected chi connectivity index (χ0v) is 33.1. The second-order valence-electron chi connectivity index (χ2n) is 15.8. The van der Waals surface area contributed by atoms with Gasteiger partial charge in [0.05, 0.1) is 4.88 Å². The maximum absolute atomic E-state index is 11.4. The predicted octanol–water partition coefficient (Wildman–Crippen LogP) is 12.2. The Kier molecular flexibility index (Phi) is 7.54. The van der Waals surface area contributed by atoms with E-state index >= 15 is 0 Å². The first-order valence-electron chi connectivity index (χ1n) is 18.0. The Morgan fingerprint density at radius 1 is 0.519 bits per heavy atom. The number of aldehydes is 1. The fourth-order valence-electron chi connectivity index (χ4n) is 8.59. The number of hydrogen-bond donors (Lipinski definition) is 0. The van der Waals surface area contributed by atoms with Crippen LogP contribution in [-0.2, 0) is 10.8 Å². The van der Waals surface area contributed by atoms with Crippen molar-refractivity contribution >= 4 is 63.1 Å². The lowest BCUT2D eigenvalue weighted by molar-refractivity contribution is 0.112. The van der Waals surface area contributed by atoms with E-state index in [0.29, 0.717) is 0 Å². The lowest BCUT2D eigenvalue weighted by Gasteiger charge is -2.30. The van der Waals surface area contributed by atoms with Crippen molar-refractivity contribution < 1.29 is 4.79 Å². The molecule has 7 aromatic rings. The standard InChI is InChI=1S/C47H41NOS2Si/c1-46(2)39-13-9-7-11-35(39)37-22-19-32(27-41(37)46)48(33-20-23-38-36-12-8-10-14-40(36)47(3,4)42(38)28-33)31-17-15-30(16-18-31)43-24-26-45(51-43)52(5,6)44-25-21-34(29-49)50-44/h7-29H,1-6H3. The summed E-state index contributed by atoms with van der Waals surface area (Å²) in [7, 11) is -1.90. The van der Waals surface area contributed by atoms with Crippen molar-refractivity contribution in [3.63, 3.8) is 0 Å². The van der Waals surface area contributed by atoms with Crippen LogP contribution in [0.25, 0.3) is 32.7 Å². The smallest absolute Gasteiger partial charge is 0.159 e. The molecular formula is C47H41NOS2Si. The summed E-state index contributed by atoms with van der Waals surface area (Å²) in [6, 6.07) is 49.7. The van der Waals surface area contributed by atoms with Crippen LogP contribution in [0, 0.1) is 0 Å². The second kappa shape index (κ2) is 11.9. The molecule has 0 atom stereocenters. The van der Waals surface area contributed by atoms with E-state index in [-0.39, 0.29) is 10.8 Å². The number of nitrogens with zero attached hydrogens (tertiary/aromatic N) is 1. The average Bonchev–Trinajstić information content (AvgIpc) is 3.94. The van der Waals surface area contributed by atoms with Gasteiger partial charge in [0.25, 0.3) is 0 Å².